The van der Waals surface area contributed by atoms with Crippen molar-refractivity contribution in [1.82, 2.24) is 5.01 Å². The molecule has 1 aliphatic heterocycles. The molecule has 28 heavy (non-hydrogen) atoms. The molecule has 5 nitrogen and oxygen atoms in total. The van der Waals surface area contributed by atoms with Gasteiger partial charge in [-0.3, -0.25) is 9.59 Å². The number of benzene rings is 2. The number of amides is 2. The van der Waals surface area contributed by atoms with Crippen molar-refractivity contribution in [2.75, 3.05) is 7.11 Å². The Bertz CT molecular complexity index is 1050. The Hall–Kier alpha value is -2.95. The number of hydrogen-bond donors (Lipinski definition) is 0. The van der Waals surface area contributed by atoms with Crippen LogP contribution in [0.3, 0.4) is 0 Å². The summed E-state index contributed by atoms with van der Waals surface area (Å²) in [7, 11) is 1.61. The Morgan fingerprint density at radius 1 is 1.00 bits per heavy atom. The van der Waals surface area contributed by atoms with Gasteiger partial charge in [-0.25, -0.2) is 0 Å². The fourth-order valence-corrected chi connectivity index (χ4v) is 5.76. The number of fused-ring (bicyclic) bond motifs is 1. The lowest BCUT2D eigenvalue weighted by molar-refractivity contribution is -0.140. The SMILES string of the molecule is COc1ccc2ccccc2c1C=NN1C(=O)C2C3C=CC(C4CC34)C2C1=O. The zero-order valence-electron chi connectivity index (χ0n) is 15.5. The zero-order valence-corrected chi connectivity index (χ0v) is 15.5. The van der Waals surface area contributed by atoms with E-state index in [4.69, 9.17) is 4.74 Å². The van der Waals surface area contributed by atoms with Gasteiger partial charge in [-0.2, -0.15) is 10.1 Å². The summed E-state index contributed by atoms with van der Waals surface area (Å²) in [6.45, 7) is 0. The summed E-state index contributed by atoms with van der Waals surface area (Å²) >= 11 is 0. The van der Waals surface area contributed by atoms with Crippen LogP contribution in [0.2, 0.25) is 0 Å². The molecule has 6 unspecified atom stereocenters. The number of ether oxygens (including phenoxy) is 1. The van der Waals surface area contributed by atoms with Crippen molar-refractivity contribution in [2.45, 2.75) is 6.42 Å². The van der Waals surface area contributed by atoms with Crippen LogP contribution in [0.1, 0.15) is 12.0 Å². The van der Waals surface area contributed by atoms with E-state index in [1.165, 1.54) is 0 Å². The normalized spacial score (nSPS) is 35.0. The average Bonchev–Trinajstić information content (AvgIpc) is 3.51. The van der Waals surface area contributed by atoms with Crippen LogP contribution in [0.5, 0.6) is 5.75 Å². The van der Waals surface area contributed by atoms with Gasteiger partial charge in [0.05, 0.1) is 25.2 Å². The van der Waals surface area contributed by atoms with Crippen molar-refractivity contribution >= 4 is 28.8 Å². The highest BCUT2D eigenvalue weighted by molar-refractivity contribution is 6.08. The molecule has 0 radical (unpaired) electrons. The first-order valence-electron chi connectivity index (χ1n) is 9.85. The minimum absolute atomic E-state index is 0.143. The summed E-state index contributed by atoms with van der Waals surface area (Å²) in [5, 5.41) is 7.53. The Balaban J connectivity index is 1.38. The molecule has 0 aromatic heterocycles. The quantitative estimate of drug-likeness (QED) is 0.472. The van der Waals surface area contributed by atoms with Crippen LogP contribution in [0.25, 0.3) is 10.8 Å². The lowest BCUT2D eigenvalue weighted by Crippen LogP contribution is -2.40. The number of carbonyl (C=O) groups excluding carboxylic acids is 2. The summed E-state index contributed by atoms with van der Waals surface area (Å²) < 4.78 is 5.49. The van der Waals surface area contributed by atoms with Crippen LogP contribution in [-0.2, 0) is 9.59 Å². The second-order valence-electron chi connectivity index (χ2n) is 8.29. The van der Waals surface area contributed by atoms with E-state index in [1.54, 1.807) is 13.3 Å². The fourth-order valence-electron chi connectivity index (χ4n) is 5.76. The van der Waals surface area contributed by atoms with Crippen molar-refractivity contribution in [3.8, 4) is 5.75 Å². The molecule has 1 heterocycles. The molecule has 0 N–H and O–H groups in total. The van der Waals surface area contributed by atoms with E-state index in [2.05, 4.69) is 17.3 Å². The van der Waals surface area contributed by atoms with E-state index in [-0.39, 0.29) is 35.5 Å². The van der Waals surface area contributed by atoms with Gasteiger partial charge >= 0.3 is 0 Å². The zero-order chi connectivity index (χ0) is 19.0. The maximum atomic E-state index is 13.1. The molecule has 3 fully saturated rings. The molecule has 7 rings (SSSR count). The van der Waals surface area contributed by atoms with Crippen LogP contribution in [0, 0.1) is 35.5 Å². The van der Waals surface area contributed by atoms with Gasteiger partial charge in [-0.15, -0.1) is 0 Å². The van der Waals surface area contributed by atoms with Crippen molar-refractivity contribution in [1.29, 1.82) is 0 Å². The second-order valence-corrected chi connectivity index (χ2v) is 8.29. The molecule has 2 amide bonds. The first-order valence-corrected chi connectivity index (χ1v) is 9.85. The third kappa shape index (κ3) is 1.99. The smallest absolute Gasteiger partial charge is 0.254 e. The Morgan fingerprint density at radius 2 is 1.68 bits per heavy atom. The van der Waals surface area contributed by atoms with Gasteiger partial charge in [-0.1, -0.05) is 42.5 Å². The number of hydrogen-bond acceptors (Lipinski definition) is 4. The predicted molar refractivity (Wildman–Crippen MR) is 105 cm³/mol. The number of methoxy groups -OCH3 is 1. The molecule has 2 aromatic rings. The van der Waals surface area contributed by atoms with Crippen molar-refractivity contribution < 1.29 is 14.3 Å². The first kappa shape index (κ1) is 16.0. The highest BCUT2D eigenvalue weighted by atomic mass is 16.5. The lowest BCUT2D eigenvalue weighted by atomic mass is 9.63. The van der Waals surface area contributed by atoms with Gasteiger partial charge in [0, 0.05) is 5.56 Å². The molecule has 140 valence electrons. The van der Waals surface area contributed by atoms with E-state index in [0.717, 1.165) is 27.8 Å². The number of hydrazone groups is 1. The average molecular weight is 372 g/mol. The highest BCUT2D eigenvalue weighted by Gasteiger charge is 2.67. The monoisotopic (exact) mass is 372 g/mol. The largest absolute Gasteiger partial charge is 0.496 e. The minimum Gasteiger partial charge on any atom is -0.496 e. The van der Waals surface area contributed by atoms with E-state index >= 15 is 0 Å². The van der Waals surface area contributed by atoms with Gasteiger partial charge in [0.15, 0.2) is 0 Å². The summed E-state index contributed by atoms with van der Waals surface area (Å²) in [4.78, 5) is 26.1. The highest BCUT2D eigenvalue weighted by Crippen LogP contribution is 2.65. The molecule has 6 atom stereocenters. The van der Waals surface area contributed by atoms with Crippen molar-refractivity contribution in [2.24, 2.45) is 40.6 Å². The maximum Gasteiger partial charge on any atom is 0.254 e. The summed E-state index contributed by atoms with van der Waals surface area (Å²) in [6, 6.07) is 11.8. The summed E-state index contributed by atoms with van der Waals surface area (Å²) in [6.07, 6.45) is 7.11. The van der Waals surface area contributed by atoms with Gasteiger partial charge in [-0.05, 0) is 46.9 Å². The topological polar surface area (TPSA) is 59.0 Å². The second kappa shape index (κ2) is 5.53. The van der Waals surface area contributed by atoms with Crippen molar-refractivity contribution in [3.05, 3.63) is 54.1 Å². The van der Waals surface area contributed by atoms with Gasteiger partial charge in [0.1, 0.15) is 5.75 Å². The van der Waals surface area contributed by atoms with Gasteiger partial charge in [0.2, 0.25) is 0 Å². The number of rotatable bonds is 3. The van der Waals surface area contributed by atoms with E-state index in [0.29, 0.717) is 17.6 Å². The number of nitrogens with zero attached hydrogens (tertiary/aromatic N) is 2. The van der Waals surface area contributed by atoms with Crippen molar-refractivity contribution in [3.63, 3.8) is 0 Å². The van der Waals surface area contributed by atoms with Crippen LogP contribution in [-0.4, -0.2) is 30.1 Å². The van der Waals surface area contributed by atoms with Gasteiger partial charge in [0.25, 0.3) is 11.8 Å². The molecule has 5 aliphatic rings. The molecule has 2 aromatic carbocycles. The van der Waals surface area contributed by atoms with E-state index in [1.807, 2.05) is 36.4 Å². The maximum absolute atomic E-state index is 13.1. The molecule has 0 spiro atoms. The summed E-state index contributed by atoms with van der Waals surface area (Å²) in [5.41, 5.74) is 0.778. The van der Waals surface area contributed by atoms with E-state index in [9.17, 15) is 9.59 Å². The Labute approximate surface area is 162 Å². The fraction of sp³-hybridized carbons (Fsp3) is 0.348. The van der Waals surface area contributed by atoms with Gasteiger partial charge < -0.3 is 4.74 Å². The lowest BCUT2D eigenvalue weighted by Gasteiger charge is -2.37. The van der Waals surface area contributed by atoms with Crippen LogP contribution in [0.4, 0.5) is 0 Å². The molecular formula is C23H20N2O3. The number of imide groups is 1. The molecular weight excluding hydrogens is 352 g/mol. The summed E-state index contributed by atoms with van der Waals surface area (Å²) in [5.74, 6) is 1.54. The predicted octanol–water partition coefficient (Wildman–Crippen LogP) is 3.24. The Kier molecular flexibility index (Phi) is 3.17. The third-order valence-electron chi connectivity index (χ3n) is 7.09. The first-order chi connectivity index (χ1) is 13.7. The standard InChI is InChI=1S/C23H20N2O3/c1-28-19-9-6-12-4-2-3-5-13(12)18(19)11-24-25-22(26)20-14-7-8-15(17-10-16(14)17)21(20)23(25)27/h2-9,11,14-17,20-21H,10H2,1H3. The van der Waals surface area contributed by atoms with Crippen LogP contribution >= 0.6 is 0 Å². The van der Waals surface area contributed by atoms with Crippen LogP contribution in [0.15, 0.2) is 53.7 Å². The number of allylic oxidation sites excluding steroid dienone is 2. The molecule has 5 heteroatoms. The molecule has 2 saturated carbocycles. The minimum atomic E-state index is -0.224. The third-order valence-corrected chi connectivity index (χ3v) is 7.09. The van der Waals surface area contributed by atoms with E-state index < -0.39 is 0 Å². The molecule has 4 aliphatic carbocycles. The van der Waals surface area contributed by atoms with Crippen LogP contribution < -0.4 is 4.74 Å². The number of carbonyl (C=O) groups is 2. The molecule has 1 saturated heterocycles. The molecule has 2 bridgehead atoms. The Morgan fingerprint density at radius 3 is 2.36 bits per heavy atom.